The molecule has 0 spiro atoms. The Balaban J connectivity index is 1.98. The zero-order valence-electron chi connectivity index (χ0n) is 13.3. The van der Waals surface area contributed by atoms with E-state index in [1.165, 1.54) is 11.3 Å². The topological polar surface area (TPSA) is 88.2 Å². The third kappa shape index (κ3) is 3.50. The Morgan fingerprint density at radius 3 is 2.92 bits per heavy atom. The number of aromatic nitrogens is 1. The predicted octanol–water partition coefficient (Wildman–Crippen LogP) is 2.07. The van der Waals surface area contributed by atoms with Gasteiger partial charge in [0.15, 0.2) is 0 Å². The van der Waals surface area contributed by atoms with E-state index in [-0.39, 0.29) is 10.8 Å². The molecule has 0 saturated carbocycles. The highest BCUT2D eigenvalue weighted by Gasteiger charge is 2.29. The van der Waals surface area contributed by atoms with Crippen LogP contribution in [-0.2, 0) is 14.8 Å². The van der Waals surface area contributed by atoms with Gasteiger partial charge >= 0.3 is 0 Å². The Labute approximate surface area is 145 Å². The van der Waals surface area contributed by atoms with E-state index >= 15 is 0 Å². The second-order valence-corrected chi connectivity index (χ2v) is 8.34. The molecule has 2 N–H and O–H groups in total. The van der Waals surface area contributed by atoms with Gasteiger partial charge in [0.25, 0.3) is 0 Å². The van der Waals surface area contributed by atoms with Crippen molar-refractivity contribution in [2.24, 2.45) is 0 Å². The lowest BCUT2D eigenvalue weighted by Crippen LogP contribution is -2.45. The van der Waals surface area contributed by atoms with Gasteiger partial charge in [0.2, 0.25) is 15.9 Å². The molecule has 1 saturated heterocycles. The fourth-order valence-electron chi connectivity index (χ4n) is 2.82. The number of carbonyl (C=O) groups is 1. The van der Waals surface area contributed by atoms with Crippen molar-refractivity contribution in [3.63, 3.8) is 0 Å². The maximum atomic E-state index is 12.9. The second kappa shape index (κ2) is 7.00. The van der Waals surface area contributed by atoms with Gasteiger partial charge in [0.05, 0.1) is 15.3 Å². The minimum atomic E-state index is -3.82. The molecule has 2 aromatic rings. The number of benzene rings is 1. The molecule has 1 aliphatic rings. The lowest BCUT2D eigenvalue weighted by atomic mass is 10.1. The average molecular weight is 365 g/mol. The van der Waals surface area contributed by atoms with Gasteiger partial charge in [-0.05, 0) is 37.8 Å². The predicted molar refractivity (Wildman–Crippen MR) is 93.3 cm³/mol. The van der Waals surface area contributed by atoms with Crippen LogP contribution in [0.2, 0.25) is 0 Å². The van der Waals surface area contributed by atoms with Gasteiger partial charge in [-0.15, -0.1) is 11.3 Å². The van der Waals surface area contributed by atoms with E-state index in [0.717, 1.165) is 23.3 Å². The van der Waals surface area contributed by atoms with Crippen LogP contribution in [0.4, 0.5) is 0 Å². The average Bonchev–Trinajstić information content (AvgIpc) is 2.99. The van der Waals surface area contributed by atoms with Crippen LogP contribution < -0.4 is 10.0 Å². The van der Waals surface area contributed by atoms with Gasteiger partial charge < -0.3 is 5.32 Å². The molecule has 0 unspecified atom stereocenters. The van der Waals surface area contributed by atoms with Crippen LogP contribution >= 0.6 is 11.3 Å². The van der Waals surface area contributed by atoms with Crippen molar-refractivity contribution in [3.8, 4) is 10.4 Å². The first-order chi connectivity index (χ1) is 11.5. The minimum Gasteiger partial charge on any atom is -0.355 e. The normalized spacial score (nSPS) is 18.9. The first-order valence-corrected chi connectivity index (χ1v) is 10.1. The largest absolute Gasteiger partial charge is 0.355 e. The van der Waals surface area contributed by atoms with E-state index in [2.05, 4.69) is 15.0 Å². The Morgan fingerprint density at radius 2 is 2.17 bits per heavy atom. The smallest absolute Gasteiger partial charge is 0.241 e. The lowest BCUT2D eigenvalue weighted by Gasteiger charge is -2.17. The Kier molecular flexibility index (Phi) is 4.98. The van der Waals surface area contributed by atoms with Crippen LogP contribution in [0, 0.1) is 6.92 Å². The summed E-state index contributed by atoms with van der Waals surface area (Å²) in [5, 5.41) is 2.75. The molecule has 3 rings (SSSR count). The summed E-state index contributed by atoms with van der Waals surface area (Å²) in [4.78, 5) is 17.1. The third-order valence-electron chi connectivity index (χ3n) is 4.04. The van der Waals surface area contributed by atoms with Crippen LogP contribution in [0.25, 0.3) is 10.4 Å². The Morgan fingerprint density at radius 1 is 1.33 bits per heavy atom. The van der Waals surface area contributed by atoms with Crippen molar-refractivity contribution in [1.29, 1.82) is 0 Å². The van der Waals surface area contributed by atoms with E-state index in [4.69, 9.17) is 0 Å². The van der Waals surface area contributed by atoms with Crippen LogP contribution in [0.3, 0.4) is 0 Å². The molecule has 2 heterocycles. The SMILES string of the molecule is Cc1cccc(S(=O)(=O)N[C@@H]2CCCCNC2=O)c1-c1cncs1. The summed E-state index contributed by atoms with van der Waals surface area (Å²) in [6, 6.07) is 4.42. The molecule has 1 atom stereocenters. The van der Waals surface area contributed by atoms with Crippen LogP contribution in [0.1, 0.15) is 24.8 Å². The highest BCUT2D eigenvalue weighted by molar-refractivity contribution is 7.89. The molecule has 1 fully saturated rings. The van der Waals surface area contributed by atoms with Gasteiger partial charge in [-0.3, -0.25) is 9.78 Å². The van der Waals surface area contributed by atoms with E-state index in [1.54, 1.807) is 23.8 Å². The van der Waals surface area contributed by atoms with Crippen LogP contribution in [-0.4, -0.2) is 31.9 Å². The Bertz CT molecular complexity index is 832. The van der Waals surface area contributed by atoms with Gasteiger partial charge in [-0.25, -0.2) is 8.42 Å². The lowest BCUT2D eigenvalue weighted by molar-refractivity contribution is -0.122. The third-order valence-corrected chi connectivity index (χ3v) is 6.34. The van der Waals surface area contributed by atoms with E-state index < -0.39 is 16.1 Å². The fraction of sp³-hybridized carbons (Fsp3) is 0.375. The molecule has 1 aromatic carbocycles. The number of nitrogens with zero attached hydrogens (tertiary/aromatic N) is 1. The standard InChI is InChI=1S/C16H19N3O3S2/c1-11-5-4-7-14(15(11)13-9-17-10-23-13)24(21,22)19-12-6-2-3-8-18-16(12)20/h4-5,7,9-10,12,19H,2-3,6,8H2,1H3,(H,18,20)/t12-/m1/s1. The second-order valence-electron chi connectivity index (χ2n) is 5.77. The van der Waals surface area contributed by atoms with Crippen molar-refractivity contribution in [2.75, 3.05) is 6.54 Å². The minimum absolute atomic E-state index is 0.184. The number of hydrogen-bond acceptors (Lipinski definition) is 5. The number of rotatable bonds is 4. The molecule has 6 nitrogen and oxygen atoms in total. The summed E-state index contributed by atoms with van der Waals surface area (Å²) in [7, 11) is -3.82. The van der Waals surface area contributed by atoms with E-state index in [9.17, 15) is 13.2 Å². The molecule has 0 bridgehead atoms. The van der Waals surface area contributed by atoms with Crippen molar-refractivity contribution in [3.05, 3.63) is 35.5 Å². The maximum Gasteiger partial charge on any atom is 0.241 e. The summed E-state index contributed by atoms with van der Waals surface area (Å²) in [6.45, 7) is 2.46. The molecule has 128 valence electrons. The molecular weight excluding hydrogens is 346 g/mol. The summed E-state index contributed by atoms with van der Waals surface area (Å²) in [6.07, 6.45) is 3.83. The highest BCUT2D eigenvalue weighted by Crippen LogP contribution is 2.33. The van der Waals surface area contributed by atoms with Gasteiger partial charge in [0.1, 0.15) is 6.04 Å². The van der Waals surface area contributed by atoms with E-state index in [0.29, 0.717) is 18.5 Å². The molecule has 1 amide bonds. The van der Waals surface area contributed by atoms with Gasteiger partial charge in [-0.2, -0.15) is 4.72 Å². The van der Waals surface area contributed by atoms with Crippen LogP contribution in [0.15, 0.2) is 34.8 Å². The molecule has 0 radical (unpaired) electrons. The first kappa shape index (κ1) is 17.1. The zero-order valence-corrected chi connectivity index (χ0v) is 14.9. The quantitative estimate of drug-likeness (QED) is 0.868. The summed E-state index contributed by atoms with van der Waals surface area (Å²) >= 11 is 1.39. The van der Waals surface area contributed by atoms with Crippen molar-refractivity contribution < 1.29 is 13.2 Å². The molecule has 1 aliphatic heterocycles. The molecular formula is C16H19N3O3S2. The number of hydrogen-bond donors (Lipinski definition) is 2. The number of aryl methyl sites for hydroxylation is 1. The summed E-state index contributed by atoms with van der Waals surface area (Å²) in [5.74, 6) is -0.261. The number of nitrogens with one attached hydrogen (secondary N) is 2. The van der Waals surface area contributed by atoms with Crippen molar-refractivity contribution >= 4 is 27.3 Å². The molecule has 8 heteroatoms. The van der Waals surface area contributed by atoms with Gasteiger partial charge in [0, 0.05) is 18.3 Å². The molecule has 0 aliphatic carbocycles. The maximum absolute atomic E-state index is 12.9. The highest BCUT2D eigenvalue weighted by atomic mass is 32.2. The summed E-state index contributed by atoms with van der Waals surface area (Å²) < 4.78 is 28.4. The first-order valence-electron chi connectivity index (χ1n) is 7.77. The number of thiazole rings is 1. The monoisotopic (exact) mass is 365 g/mol. The number of sulfonamides is 1. The number of carbonyl (C=O) groups excluding carboxylic acids is 1. The van der Waals surface area contributed by atoms with Gasteiger partial charge in [-0.1, -0.05) is 12.1 Å². The summed E-state index contributed by atoms with van der Waals surface area (Å²) in [5.41, 5.74) is 3.17. The Hall–Kier alpha value is -1.77. The fourth-order valence-corrected chi connectivity index (χ4v) is 5.16. The van der Waals surface area contributed by atoms with E-state index in [1.807, 2.05) is 13.0 Å². The van der Waals surface area contributed by atoms with Crippen LogP contribution in [0.5, 0.6) is 0 Å². The van der Waals surface area contributed by atoms with Crippen molar-refractivity contribution in [1.82, 2.24) is 15.0 Å². The molecule has 24 heavy (non-hydrogen) atoms. The zero-order chi connectivity index (χ0) is 17.2. The number of amides is 1. The van der Waals surface area contributed by atoms with Crippen molar-refractivity contribution in [2.45, 2.75) is 37.1 Å². The molecule has 1 aromatic heterocycles.